The molecular formula is C17H30N4O5. The van der Waals surface area contributed by atoms with Crippen molar-refractivity contribution in [2.45, 2.75) is 77.8 Å². The molecule has 0 fully saturated rings. The van der Waals surface area contributed by atoms with Crippen molar-refractivity contribution < 1.29 is 23.9 Å². The standard InChI is InChI=1S/C17H30N4O5/c1-5-8-10-14(20-21-18)11-9-12-17(19-13(4)22,15(23)25-6-2)16(24)26-7-3/h14H,5-12H2,1-4H3,(H,19,22). The molecule has 0 aliphatic heterocycles. The maximum absolute atomic E-state index is 12.5. The quantitative estimate of drug-likeness (QED) is 0.175. The highest BCUT2D eigenvalue weighted by molar-refractivity contribution is 6.07. The van der Waals surface area contributed by atoms with Crippen LogP contribution in [-0.4, -0.2) is 42.6 Å². The van der Waals surface area contributed by atoms with E-state index in [1.165, 1.54) is 6.92 Å². The van der Waals surface area contributed by atoms with Gasteiger partial charge < -0.3 is 14.8 Å². The number of hydrogen-bond donors (Lipinski definition) is 1. The average Bonchev–Trinajstić information content (AvgIpc) is 2.58. The Morgan fingerprint density at radius 1 is 1.08 bits per heavy atom. The Labute approximate surface area is 154 Å². The van der Waals surface area contributed by atoms with Crippen LogP contribution >= 0.6 is 0 Å². The molecule has 9 nitrogen and oxygen atoms in total. The van der Waals surface area contributed by atoms with Crippen LogP contribution < -0.4 is 5.32 Å². The summed E-state index contributed by atoms with van der Waals surface area (Å²) in [4.78, 5) is 39.4. The van der Waals surface area contributed by atoms with Gasteiger partial charge in [-0.25, -0.2) is 9.59 Å². The predicted molar refractivity (Wildman–Crippen MR) is 96.1 cm³/mol. The summed E-state index contributed by atoms with van der Waals surface area (Å²) in [6.07, 6.45) is 3.49. The minimum absolute atomic E-state index is 0.00776. The molecule has 0 rings (SSSR count). The Hall–Kier alpha value is -2.28. The number of nitrogens with zero attached hydrogens (tertiary/aromatic N) is 3. The fourth-order valence-corrected chi connectivity index (χ4v) is 2.64. The maximum Gasteiger partial charge on any atom is 0.343 e. The van der Waals surface area contributed by atoms with Gasteiger partial charge in [0.1, 0.15) is 0 Å². The van der Waals surface area contributed by atoms with E-state index < -0.39 is 23.4 Å². The fraction of sp³-hybridized carbons (Fsp3) is 0.824. The molecule has 0 aromatic heterocycles. The van der Waals surface area contributed by atoms with Gasteiger partial charge in [-0.15, -0.1) is 0 Å². The van der Waals surface area contributed by atoms with Crippen LogP contribution in [0.4, 0.5) is 0 Å². The van der Waals surface area contributed by atoms with E-state index in [2.05, 4.69) is 15.3 Å². The Morgan fingerprint density at radius 3 is 2.04 bits per heavy atom. The highest BCUT2D eigenvalue weighted by atomic mass is 16.6. The number of rotatable bonds is 13. The summed E-state index contributed by atoms with van der Waals surface area (Å²) < 4.78 is 10.0. The number of unbranched alkanes of at least 4 members (excludes halogenated alkanes) is 1. The first-order chi connectivity index (χ1) is 12.4. The Balaban J connectivity index is 5.35. The van der Waals surface area contributed by atoms with Crippen molar-refractivity contribution in [2.75, 3.05) is 13.2 Å². The zero-order chi connectivity index (χ0) is 20.0. The van der Waals surface area contributed by atoms with Gasteiger partial charge in [-0.2, -0.15) is 0 Å². The summed E-state index contributed by atoms with van der Waals surface area (Å²) in [6.45, 7) is 6.62. The minimum atomic E-state index is -1.89. The molecule has 1 atom stereocenters. The highest BCUT2D eigenvalue weighted by Crippen LogP contribution is 2.22. The number of hydrogen-bond acceptors (Lipinski definition) is 6. The molecule has 0 aromatic rings. The van der Waals surface area contributed by atoms with Gasteiger partial charge in [0.2, 0.25) is 11.4 Å². The van der Waals surface area contributed by atoms with E-state index in [0.29, 0.717) is 12.8 Å². The number of amides is 1. The molecule has 0 spiro atoms. The van der Waals surface area contributed by atoms with Gasteiger partial charge in [0.05, 0.1) is 13.2 Å². The number of carbonyl (C=O) groups excluding carboxylic acids is 3. The van der Waals surface area contributed by atoms with Gasteiger partial charge in [-0.3, -0.25) is 4.79 Å². The van der Waals surface area contributed by atoms with Crippen molar-refractivity contribution in [1.82, 2.24) is 5.32 Å². The lowest BCUT2D eigenvalue weighted by Crippen LogP contribution is -2.61. The number of carbonyl (C=O) groups is 3. The first kappa shape index (κ1) is 23.7. The molecule has 0 aromatic carbocycles. The molecule has 0 radical (unpaired) electrons. The monoisotopic (exact) mass is 370 g/mol. The van der Waals surface area contributed by atoms with E-state index in [0.717, 1.165) is 19.3 Å². The molecule has 26 heavy (non-hydrogen) atoms. The number of azide groups is 1. The van der Waals surface area contributed by atoms with Gasteiger partial charge in [0, 0.05) is 17.9 Å². The summed E-state index contributed by atoms with van der Waals surface area (Å²) in [5.41, 5.74) is 6.80. The average molecular weight is 370 g/mol. The lowest BCUT2D eigenvalue weighted by molar-refractivity contribution is -0.168. The number of nitrogens with one attached hydrogen (secondary N) is 1. The third-order valence-electron chi connectivity index (χ3n) is 3.83. The second-order valence-corrected chi connectivity index (χ2v) is 5.92. The molecule has 0 aliphatic rings. The fourth-order valence-electron chi connectivity index (χ4n) is 2.64. The van der Waals surface area contributed by atoms with E-state index >= 15 is 0 Å². The van der Waals surface area contributed by atoms with Crippen LogP contribution in [0.3, 0.4) is 0 Å². The van der Waals surface area contributed by atoms with Crippen molar-refractivity contribution in [3.05, 3.63) is 10.4 Å². The van der Waals surface area contributed by atoms with E-state index in [9.17, 15) is 14.4 Å². The molecular weight excluding hydrogens is 340 g/mol. The van der Waals surface area contributed by atoms with Crippen molar-refractivity contribution in [3.63, 3.8) is 0 Å². The van der Waals surface area contributed by atoms with Crippen LogP contribution in [0.1, 0.15) is 66.2 Å². The molecule has 1 unspecified atom stereocenters. The molecule has 1 N–H and O–H groups in total. The summed E-state index contributed by atoms with van der Waals surface area (Å²) in [5, 5.41) is 6.19. The van der Waals surface area contributed by atoms with Crippen molar-refractivity contribution in [3.8, 4) is 0 Å². The zero-order valence-corrected chi connectivity index (χ0v) is 16.1. The van der Waals surface area contributed by atoms with Crippen LogP contribution in [0.2, 0.25) is 0 Å². The number of esters is 2. The summed E-state index contributed by atoms with van der Waals surface area (Å²) in [5.74, 6) is -2.23. The smallest absolute Gasteiger partial charge is 0.343 e. The van der Waals surface area contributed by atoms with Gasteiger partial charge >= 0.3 is 11.9 Å². The van der Waals surface area contributed by atoms with E-state index in [1.54, 1.807) is 13.8 Å². The topological polar surface area (TPSA) is 130 Å². The second-order valence-electron chi connectivity index (χ2n) is 5.92. The van der Waals surface area contributed by atoms with E-state index in [4.69, 9.17) is 15.0 Å². The maximum atomic E-state index is 12.5. The van der Waals surface area contributed by atoms with E-state index in [1.807, 2.05) is 6.92 Å². The SMILES string of the molecule is CCCCC(CCCC(NC(C)=O)(C(=O)OCC)C(=O)OCC)N=[N+]=[N-]. The van der Waals surface area contributed by atoms with Gasteiger partial charge in [0.25, 0.3) is 0 Å². The lowest BCUT2D eigenvalue weighted by Gasteiger charge is -2.30. The van der Waals surface area contributed by atoms with Crippen LogP contribution in [0.5, 0.6) is 0 Å². The first-order valence-electron chi connectivity index (χ1n) is 9.05. The van der Waals surface area contributed by atoms with Crippen molar-refractivity contribution in [2.24, 2.45) is 5.11 Å². The van der Waals surface area contributed by atoms with Crippen LogP contribution in [-0.2, 0) is 23.9 Å². The molecule has 0 saturated heterocycles. The molecule has 9 heteroatoms. The normalized spacial score (nSPS) is 11.8. The molecule has 148 valence electrons. The summed E-state index contributed by atoms with van der Waals surface area (Å²) in [7, 11) is 0. The highest BCUT2D eigenvalue weighted by Gasteiger charge is 2.49. The molecule has 0 saturated carbocycles. The molecule has 1 amide bonds. The van der Waals surface area contributed by atoms with Gasteiger partial charge in [0.15, 0.2) is 0 Å². The molecule has 0 bridgehead atoms. The third kappa shape index (κ3) is 7.74. The Kier molecular flexibility index (Phi) is 11.9. The third-order valence-corrected chi connectivity index (χ3v) is 3.83. The Bertz CT molecular complexity index is 499. The van der Waals surface area contributed by atoms with E-state index in [-0.39, 0.29) is 25.7 Å². The van der Waals surface area contributed by atoms with Crippen LogP contribution in [0, 0.1) is 0 Å². The van der Waals surface area contributed by atoms with Gasteiger partial charge in [-0.05, 0) is 45.1 Å². The Morgan fingerprint density at radius 2 is 1.62 bits per heavy atom. The molecule has 0 aliphatic carbocycles. The molecule has 0 heterocycles. The lowest BCUT2D eigenvalue weighted by atomic mass is 9.90. The summed E-state index contributed by atoms with van der Waals surface area (Å²) in [6, 6.07) is -0.223. The minimum Gasteiger partial charge on any atom is -0.464 e. The zero-order valence-electron chi connectivity index (χ0n) is 16.1. The summed E-state index contributed by atoms with van der Waals surface area (Å²) >= 11 is 0. The van der Waals surface area contributed by atoms with Crippen LogP contribution in [0.25, 0.3) is 10.4 Å². The predicted octanol–water partition coefficient (Wildman–Crippen LogP) is 3.03. The van der Waals surface area contributed by atoms with Gasteiger partial charge in [-0.1, -0.05) is 24.9 Å². The van der Waals surface area contributed by atoms with Crippen LogP contribution in [0.15, 0.2) is 5.11 Å². The largest absolute Gasteiger partial charge is 0.464 e. The number of ether oxygens (including phenoxy) is 2. The van der Waals surface area contributed by atoms with Crippen molar-refractivity contribution in [1.29, 1.82) is 0 Å². The second kappa shape index (κ2) is 13.0. The van der Waals surface area contributed by atoms with Crippen molar-refractivity contribution >= 4 is 17.8 Å². The first-order valence-corrected chi connectivity index (χ1v) is 9.05.